The van der Waals surface area contributed by atoms with Gasteiger partial charge in [-0.1, -0.05) is 30.3 Å². The molecule has 2 aromatic rings. The number of rotatable bonds is 6. The summed E-state index contributed by atoms with van der Waals surface area (Å²) in [5.74, 6) is -0.808. The summed E-state index contributed by atoms with van der Waals surface area (Å²) in [5.41, 5.74) is 2.02. The summed E-state index contributed by atoms with van der Waals surface area (Å²) in [4.78, 5) is 17.4. The van der Waals surface area contributed by atoms with E-state index in [4.69, 9.17) is 5.11 Å². The summed E-state index contributed by atoms with van der Waals surface area (Å²) in [6, 6.07) is 10.2. The van der Waals surface area contributed by atoms with Crippen molar-refractivity contribution in [2.75, 3.05) is 6.54 Å². The summed E-state index contributed by atoms with van der Waals surface area (Å²) in [5, 5.41) is 11.9. The highest BCUT2D eigenvalue weighted by atomic mass is 32.1. The second-order valence-electron chi connectivity index (χ2n) is 4.90. The topological polar surface area (TPSA) is 53.4 Å². The molecule has 2 rings (SSSR count). The number of carboxylic acids is 1. The van der Waals surface area contributed by atoms with Crippen LogP contribution in [0.1, 0.15) is 19.5 Å². The summed E-state index contributed by atoms with van der Waals surface area (Å²) in [7, 11) is 0. The first-order valence-corrected chi connectivity index (χ1v) is 7.40. The van der Waals surface area contributed by atoms with E-state index in [0.717, 1.165) is 16.3 Å². The number of hydrogen-bond donors (Lipinski definition) is 1. The van der Waals surface area contributed by atoms with E-state index in [0.29, 0.717) is 6.54 Å². The van der Waals surface area contributed by atoms with E-state index in [9.17, 15) is 4.79 Å². The Balaban J connectivity index is 2.10. The highest BCUT2D eigenvalue weighted by molar-refractivity contribution is 7.13. The van der Waals surface area contributed by atoms with E-state index >= 15 is 0 Å². The lowest BCUT2D eigenvalue weighted by atomic mass is 10.2. The van der Waals surface area contributed by atoms with Crippen molar-refractivity contribution in [2.45, 2.75) is 26.4 Å². The maximum atomic E-state index is 10.9. The van der Waals surface area contributed by atoms with Crippen molar-refractivity contribution >= 4 is 17.3 Å². The monoisotopic (exact) mass is 290 g/mol. The molecule has 20 heavy (non-hydrogen) atoms. The minimum absolute atomic E-state index is 0.0376. The van der Waals surface area contributed by atoms with Crippen LogP contribution in [0.15, 0.2) is 35.7 Å². The highest BCUT2D eigenvalue weighted by Gasteiger charge is 2.15. The first kappa shape index (κ1) is 14.7. The minimum atomic E-state index is -0.808. The average Bonchev–Trinajstić information content (AvgIpc) is 2.87. The second-order valence-corrected chi connectivity index (χ2v) is 5.76. The van der Waals surface area contributed by atoms with Gasteiger partial charge in [-0.2, -0.15) is 0 Å². The van der Waals surface area contributed by atoms with Crippen molar-refractivity contribution in [3.63, 3.8) is 0 Å². The number of nitrogens with zero attached hydrogens (tertiary/aromatic N) is 2. The molecule has 1 N–H and O–H groups in total. The quantitative estimate of drug-likeness (QED) is 0.888. The van der Waals surface area contributed by atoms with Crippen molar-refractivity contribution in [3.8, 4) is 10.6 Å². The first-order chi connectivity index (χ1) is 9.56. The van der Waals surface area contributed by atoms with Crippen LogP contribution in [0, 0.1) is 0 Å². The smallest absolute Gasteiger partial charge is 0.317 e. The van der Waals surface area contributed by atoms with E-state index < -0.39 is 5.97 Å². The van der Waals surface area contributed by atoms with Crippen LogP contribution in [-0.2, 0) is 11.3 Å². The van der Waals surface area contributed by atoms with Gasteiger partial charge in [0.25, 0.3) is 0 Å². The summed E-state index contributed by atoms with van der Waals surface area (Å²) in [6.07, 6.45) is 0. The van der Waals surface area contributed by atoms with Gasteiger partial charge in [0, 0.05) is 23.5 Å². The maximum absolute atomic E-state index is 10.9. The standard InChI is InChI=1S/C15H18N2O2S/c1-11(2)17(9-14(18)19)8-13-10-20-15(16-13)12-6-4-3-5-7-12/h3-7,10-11H,8-9H2,1-2H3,(H,18,19). The predicted molar refractivity (Wildman–Crippen MR) is 80.7 cm³/mol. The summed E-state index contributed by atoms with van der Waals surface area (Å²) >= 11 is 1.59. The Morgan fingerprint density at radius 3 is 2.65 bits per heavy atom. The van der Waals surface area contributed by atoms with E-state index in [1.165, 1.54) is 0 Å². The fourth-order valence-corrected chi connectivity index (χ4v) is 2.71. The molecule has 0 fully saturated rings. The van der Waals surface area contributed by atoms with Gasteiger partial charge in [0.05, 0.1) is 12.2 Å². The van der Waals surface area contributed by atoms with Crippen LogP contribution in [0.25, 0.3) is 10.6 Å². The Morgan fingerprint density at radius 1 is 1.35 bits per heavy atom. The summed E-state index contributed by atoms with van der Waals surface area (Å²) in [6.45, 7) is 4.59. The van der Waals surface area contributed by atoms with E-state index in [2.05, 4.69) is 4.98 Å². The van der Waals surface area contributed by atoms with Gasteiger partial charge < -0.3 is 5.11 Å². The Bertz CT molecular complexity index is 566. The second kappa shape index (κ2) is 6.63. The lowest BCUT2D eigenvalue weighted by Gasteiger charge is -2.23. The van der Waals surface area contributed by atoms with Crippen molar-refractivity contribution in [3.05, 3.63) is 41.4 Å². The van der Waals surface area contributed by atoms with Crippen molar-refractivity contribution < 1.29 is 9.90 Å². The molecule has 0 unspecified atom stereocenters. The molecule has 4 nitrogen and oxygen atoms in total. The van der Waals surface area contributed by atoms with Crippen LogP contribution in [0.3, 0.4) is 0 Å². The molecule has 0 aliphatic heterocycles. The molecule has 0 atom stereocenters. The molecule has 0 spiro atoms. The number of carbonyl (C=O) groups is 1. The van der Waals surface area contributed by atoms with Gasteiger partial charge in [0.1, 0.15) is 5.01 Å². The van der Waals surface area contributed by atoms with Gasteiger partial charge in [-0.3, -0.25) is 9.69 Å². The normalized spacial score (nSPS) is 11.2. The van der Waals surface area contributed by atoms with E-state index in [1.54, 1.807) is 11.3 Å². The molecule has 1 aromatic carbocycles. The number of aliphatic carboxylic acids is 1. The largest absolute Gasteiger partial charge is 0.480 e. The number of hydrogen-bond acceptors (Lipinski definition) is 4. The summed E-state index contributed by atoms with van der Waals surface area (Å²) < 4.78 is 0. The molecule has 0 aliphatic carbocycles. The Morgan fingerprint density at radius 2 is 2.05 bits per heavy atom. The van der Waals surface area contributed by atoms with Gasteiger partial charge in [0.15, 0.2) is 0 Å². The zero-order valence-electron chi connectivity index (χ0n) is 11.6. The first-order valence-electron chi connectivity index (χ1n) is 6.52. The van der Waals surface area contributed by atoms with Crippen LogP contribution >= 0.6 is 11.3 Å². The molecule has 106 valence electrons. The van der Waals surface area contributed by atoms with Crippen LogP contribution in [-0.4, -0.2) is 33.5 Å². The van der Waals surface area contributed by atoms with Crippen LogP contribution in [0.4, 0.5) is 0 Å². The Labute approximate surface area is 122 Å². The number of thiazole rings is 1. The molecule has 0 saturated heterocycles. The van der Waals surface area contributed by atoms with Crippen LogP contribution in [0.5, 0.6) is 0 Å². The predicted octanol–water partition coefficient (Wildman–Crippen LogP) is 3.11. The third-order valence-electron chi connectivity index (χ3n) is 3.01. The van der Waals surface area contributed by atoms with Gasteiger partial charge >= 0.3 is 5.97 Å². The van der Waals surface area contributed by atoms with Crippen molar-refractivity contribution in [2.24, 2.45) is 0 Å². The molecule has 1 heterocycles. The van der Waals surface area contributed by atoms with Gasteiger partial charge in [0.2, 0.25) is 0 Å². The average molecular weight is 290 g/mol. The highest BCUT2D eigenvalue weighted by Crippen LogP contribution is 2.24. The number of aromatic nitrogens is 1. The molecule has 0 saturated carbocycles. The Kier molecular flexibility index (Phi) is 4.87. The maximum Gasteiger partial charge on any atom is 0.317 e. The molecule has 1 aromatic heterocycles. The van der Waals surface area contributed by atoms with E-state index in [-0.39, 0.29) is 12.6 Å². The SMILES string of the molecule is CC(C)N(CC(=O)O)Cc1csc(-c2ccccc2)n1. The molecule has 0 bridgehead atoms. The van der Waals surface area contributed by atoms with Crippen LogP contribution < -0.4 is 0 Å². The zero-order chi connectivity index (χ0) is 14.5. The van der Waals surface area contributed by atoms with Crippen LogP contribution in [0.2, 0.25) is 0 Å². The lowest BCUT2D eigenvalue weighted by Crippen LogP contribution is -2.35. The molecular formula is C15H18N2O2S. The van der Waals surface area contributed by atoms with Crippen molar-refractivity contribution in [1.29, 1.82) is 0 Å². The van der Waals surface area contributed by atoms with Gasteiger partial charge in [-0.25, -0.2) is 4.98 Å². The van der Waals surface area contributed by atoms with Gasteiger partial charge in [-0.05, 0) is 13.8 Å². The number of carboxylic acid groups (broad SMARTS) is 1. The molecular weight excluding hydrogens is 272 g/mol. The fourth-order valence-electron chi connectivity index (χ4n) is 1.90. The molecule has 0 radical (unpaired) electrons. The third-order valence-corrected chi connectivity index (χ3v) is 3.95. The third kappa shape index (κ3) is 3.88. The zero-order valence-corrected chi connectivity index (χ0v) is 12.4. The van der Waals surface area contributed by atoms with E-state index in [1.807, 2.05) is 54.5 Å². The Hall–Kier alpha value is -1.72. The molecule has 0 amide bonds. The molecule has 5 heteroatoms. The van der Waals surface area contributed by atoms with Crippen molar-refractivity contribution in [1.82, 2.24) is 9.88 Å². The lowest BCUT2D eigenvalue weighted by molar-refractivity contribution is -0.138. The molecule has 0 aliphatic rings. The van der Waals surface area contributed by atoms with Gasteiger partial charge in [-0.15, -0.1) is 11.3 Å². The number of benzene rings is 1. The fraction of sp³-hybridized carbons (Fsp3) is 0.333. The minimum Gasteiger partial charge on any atom is -0.480 e.